The molecule has 2 aliphatic carbocycles. The standard InChI is InChI=1S/C33H42N4O5/c1-33(2,3)37(4)32(39)41-27(30-34-28(36-42-30)21-22-13-6-5-7-14-22)19-12-20-40-31(38)35-29-25-17-10-8-15-23(25)24-16-9-11-18-26(24)29/h8-11,15-18,22,27,29H,5-7,12-14,19-21H2,1-4H3,(H,35,38). The number of benzene rings is 2. The zero-order valence-electron chi connectivity index (χ0n) is 25.1. The van der Waals surface area contributed by atoms with E-state index in [4.69, 9.17) is 14.0 Å². The Balaban J connectivity index is 1.19. The summed E-state index contributed by atoms with van der Waals surface area (Å²) in [5.74, 6) is 1.48. The van der Waals surface area contributed by atoms with Gasteiger partial charge in [-0.15, -0.1) is 0 Å². The minimum atomic E-state index is -0.741. The van der Waals surface area contributed by atoms with Gasteiger partial charge in [0.05, 0.1) is 12.6 Å². The Hall–Kier alpha value is -3.88. The van der Waals surface area contributed by atoms with Gasteiger partial charge in [-0.25, -0.2) is 9.59 Å². The van der Waals surface area contributed by atoms with Crippen molar-refractivity contribution in [1.29, 1.82) is 0 Å². The highest BCUT2D eigenvalue weighted by atomic mass is 16.6. The molecular weight excluding hydrogens is 532 g/mol. The molecule has 3 aromatic rings. The second-order valence-corrected chi connectivity index (χ2v) is 12.4. The molecule has 9 nitrogen and oxygen atoms in total. The molecule has 0 spiro atoms. The van der Waals surface area contributed by atoms with Gasteiger partial charge in [0.2, 0.25) is 0 Å². The van der Waals surface area contributed by atoms with E-state index in [9.17, 15) is 9.59 Å². The van der Waals surface area contributed by atoms with Crippen LogP contribution in [-0.4, -0.2) is 46.4 Å². The summed E-state index contributed by atoms with van der Waals surface area (Å²) in [4.78, 5) is 31.9. The fourth-order valence-corrected chi connectivity index (χ4v) is 5.74. The van der Waals surface area contributed by atoms with Crippen molar-refractivity contribution >= 4 is 12.2 Å². The minimum Gasteiger partial charge on any atom is -0.450 e. The number of carbonyl (C=O) groups excluding carboxylic acids is 2. The number of amides is 2. The summed E-state index contributed by atoms with van der Waals surface area (Å²) < 4.78 is 17.0. The Bertz CT molecular complexity index is 1330. The Labute approximate surface area is 248 Å². The molecule has 0 saturated heterocycles. The maximum atomic E-state index is 13.0. The van der Waals surface area contributed by atoms with E-state index in [0.29, 0.717) is 24.6 Å². The van der Waals surface area contributed by atoms with Crippen LogP contribution in [0.2, 0.25) is 0 Å². The van der Waals surface area contributed by atoms with E-state index in [1.54, 1.807) is 11.9 Å². The van der Waals surface area contributed by atoms with Crippen molar-refractivity contribution in [1.82, 2.24) is 20.4 Å². The van der Waals surface area contributed by atoms with Crippen LogP contribution >= 0.6 is 0 Å². The summed E-state index contributed by atoms with van der Waals surface area (Å²) in [7, 11) is 1.70. The highest BCUT2D eigenvalue weighted by Crippen LogP contribution is 2.43. The zero-order valence-corrected chi connectivity index (χ0v) is 25.1. The predicted octanol–water partition coefficient (Wildman–Crippen LogP) is 7.38. The molecule has 1 saturated carbocycles. The summed E-state index contributed by atoms with van der Waals surface area (Å²) in [5, 5.41) is 7.22. The summed E-state index contributed by atoms with van der Waals surface area (Å²) in [5.41, 5.74) is 3.91. The lowest BCUT2D eigenvalue weighted by molar-refractivity contribution is 0.0269. The number of nitrogens with one attached hydrogen (secondary N) is 1. The number of ether oxygens (including phenoxy) is 2. The zero-order chi connectivity index (χ0) is 29.7. The smallest absolute Gasteiger partial charge is 0.410 e. The van der Waals surface area contributed by atoms with Crippen molar-refractivity contribution in [2.45, 2.75) is 89.8 Å². The van der Waals surface area contributed by atoms with Gasteiger partial charge in [-0.1, -0.05) is 85.8 Å². The number of fused-ring (bicyclic) bond motifs is 3. The molecule has 1 heterocycles. The van der Waals surface area contributed by atoms with Gasteiger partial charge in [0.25, 0.3) is 5.89 Å². The van der Waals surface area contributed by atoms with Crippen molar-refractivity contribution < 1.29 is 23.6 Å². The molecule has 2 amide bonds. The molecule has 1 aromatic heterocycles. The third kappa shape index (κ3) is 6.94. The van der Waals surface area contributed by atoms with Crippen LogP contribution in [0.15, 0.2) is 53.1 Å². The first kappa shape index (κ1) is 29.6. The number of hydrogen-bond acceptors (Lipinski definition) is 7. The third-order valence-electron chi connectivity index (χ3n) is 8.42. The van der Waals surface area contributed by atoms with Crippen LogP contribution in [0.5, 0.6) is 0 Å². The molecule has 0 bridgehead atoms. The third-order valence-corrected chi connectivity index (χ3v) is 8.42. The van der Waals surface area contributed by atoms with Gasteiger partial charge in [-0.3, -0.25) is 0 Å². The first-order valence-corrected chi connectivity index (χ1v) is 15.1. The summed E-state index contributed by atoms with van der Waals surface area (Å²) in [6.07, 6.45) is 5.99. The molecule has 2 aromatic carbocycles. The average Bonchev–Trinajstić information content (AvgIpc) is 3.57. The molecule has 42 heavy (non-hydrogen) atoms. The van der Waals surface area contributed by atoms with Crippen molar-refractivity contribution in [3.8, 4) is 11.1 Å². The number of alkyl carbamates (subject to hydrolysis) is 1. The van der Waals surface area contributed by atoms with Gasteiger partial charge in [0.15, 0.2) is 11.9 Å². The highest BCUT2D eigenvalue weighted by Gasteiger charge is 2.31. The van der Waals surface area contributed by atoms with Crippen LogP contribution in [0.4, 0.5) is 9.59 Å². The fourth-order valence-electron chi connectivity index (χ4n) is 5.74. The topological polar surface area (TPSA) is 107 Å². The maximum absolute atomic E-state index is 13.0. The SMILES string of the molecule is CN(C(=O)OC(CCCOC(=O)NC1c2ccccc2-c2ccccc21)c1nc(CC2CCCCC2)no1)C(C)(C)C. The number of aromatic nitrogens is 2. The van der Waals surface area contributed by atoms with E-state index in [-0.39, 0.29) is 18.5 Å². The Morgan fingerprint density at radius 2 is 1.67 bits per heavy atom. The lowest BCUT2D eigenvalue weighted by atomic mass is 9.87. The molecule has 0 radical (unpaired) electrons. The molecule has 9 heteroatoms. The molecular formula is C33H42N4O5. The van der Waals surface area contributed by atoms with E-state index in [2.05, 4.69) is 27.6 Å². The van der Waals surface area contributed by atoms with Gasteiger partial charge >= 0.3 is 12.2 Å². The van der Waals surface area contributed by atoms with Crippen LogP contribution in [0.1, 0.15) is 101 Å². The van der Waals surface area contributed by atoms with Crippen molar-refractivity contribution in [2.24, 2.45) is 5.92 Å². The largest absolute Gasteiger partial charge is 0.450 e. The molecule has 1 fully saturated rings. The van der Waals surface area contributed by atoms with Gasteiger partial charge in [-0.2, -0.15) is 4.98 Å². The molecule has 224 valence electrons. The average molecular weight is 575 g/mol. The van der Waals surface area contributed by atoms with Gasteiger partial charge in [0.1, 0.15) is 0 Å². The van der Waals surface area contributed by atoms with E-state index in [1.165, 1.54) is 32.1 Å². The first-order valence-electron chi connectivity index (χ1n) is 15.1. The minimum absolute atomic E-state index is 0.147. The van der Waals surface area contributed by atoms with Crippen molar-refractivity contribution in [3.05, 3.63) is 71.4 Å². The van der Waals surface area contributed by atoms with E-state index >= 15 is 0 Å². The molecule has 1 atom stereocenters. The van der Waals surface area contributed by atoms with Gasteiger partial charge < -0.3 is 24.2 Å². The van der Waals surface area contributed by atoms with Crippen LogP contribution in [-0.2, 0) is 15.9 Å². The second kappa shape index (κ2) is 13.0. The number of hydrogen-bond donors (Lipinski definition) is 1. The van der Waals surface area contributed by atoms with Crippen LogP contribution in [0.25, 0.3) is 11.1 Å². The molecule has 0 aliphatic heterocycles. The highest BCUT2D eigenvalue weighted by molar-refractivity contribution is 5.81. The van der Waals surface area contributed by atoms with E-state index < -0.39 is 23.8 Å². The Kier molecular flexibility index (Phi) is 9.14. The monoisotopic (exact) mass is 574 g/mol. The normalized spacial score (nSPS) is 15.9. The molecule has 2 aliphatic rings. The van der Waals surface area contributed by atoms with Crippen LogP contribution in [0.3, 0.4) is 0 Å². The second-order valence-electron chi connectivity index (χ2n) is 12.4. The Morgan fingerprint density at radius 3 is 2.31 bits per heavy atom. The number of rotatable bonds is 9. The molecule has 1 N–H and O–H groups in total. The predicted molar refractivity (Wildman–Crippen MR) is 159 cm³/mol. The summed E-state index contributed by atoms with van der Waals surface area (Å²) in [6.45, 7) is 5.96. The Morgan fingerprint density at radius 1 is 1.02 bits per heavy atom. The number of nitrogens with zero attached hydrogens (tertiary/aromatic N) is 3. The molecule has 5 rings (SSSR count). The lowest BCUT2D eigenvalue weighted by Gasteiger charge is -2.32. The fraction of sp³-hybridized carbons (Fsp3) is 0.515. The van der Waals surface area contributed by atoms with Gasteiger partial charge in [-0.05, 0) is 61.8 Å². The van der Waals surface area contributed by atoms with Crippen LogP contribution in [0, 0.1) is 5.92 Å². The van der Waals surface area contributed by atoms with Crippen LogP contribution < -0.4 is 5.32 Å². The van der Waals surface area contributed by atoms with E-state index in [0.717, 1.165) is 28.7 Å². The summed E-state index contributed by atoms with van der Waals surface area (Å²) in [6, 6.07) is 15.9. The summed E-state index contributed by atoms with van der Waals surface area (Å²) >= 11 is 0. The van der Waals surface area contributed by atoms with Crippen molar-refractivity contribution in [2.75, 3.05) is 13.7 Å². The molecule has 1 unspecified atom stereocenters. The quantitative estimate of drug-likeness (QED) is 0.266. The maximum Gasteiger partial charge on any atom is 0.410 e. The number of carbonyl (C=O) groups is 2. The van der Waals surface area contributed by atoms with Crippen molar-refractivity contribution in [3.63, 3.8) is 0 Å². The van der Waals surface area contributed by atoms with Gasteiger partial charge in [0, 0.05) is 19.0 Å². The first-order chi connectivity index (χ1) is 20.2. The lowest BCUT2D eigenvalue weighted by Crippen LogP contribution is -2.43. The van der Waals surface area contributed by atoms with E-state index in [1.807, 2.05) is 57.2 Å².